The first-order valence-electron chi connectivity index (χ1n) is 11.3. The lowest BCUT2D eigenvalue weighted by Crippen LogP contribution is -2.38. The Balaban J connectivity index is 1.64. The maximum Gasteiger partial charge on any atom is 0.338 e. The van der Waals surface area contributed by atoms with Crippen molar-refractivity contribution in [2.75, 3.05) is 6.61 Å². The van der Waals surface area contributed by atoms with Crippen LogP contribution in [0.4, 0.5) is 0 Å². The fourth-order valence-electron chi connectivity index (χ4n) is 4.20. The molecule has 0 radical (unpaired) electrons. The number of nitrogens with one attached hydrogen (secondary N) is 1. The smallest absolute Gasteiger partial charge is 0.338 e. The van der Waals surface area contributed by atoms with Crippen LogP contribution in [0, 0.1) is 13.8 Å². The Morgan fingerprint density at radius 1 is 1.20 bits per heavy atom. The third-order valence-corrected chi connectivity index (χ3v) is 6.74. The number of hydrogen-bond donors (Lipinski definition) is 1. The lowest BCUT2D eigenvalue weighted by atomic mass is 9.90. The van der Waals surface area contributed by atoms with Gasteiger partial charge >= 0.3 is 5.97 Å². The molecule has 2 aromatic rings. The molecule has 8 heteroatoms. The van der Waals surface area contributed by atoms with E-state index in [4.69, 9.17) is 9.73 Å². The van der Waals surface area contributed by atoms with Crippen LogP contribution in [0.2, 0.25) is 0 Å². The number of pyridine rings is 1. The second kappa shape index (κ2) is 10.7. The SMILES string of the molecule is C=CCOC(=O)C1=C(C)N=C2SC=C(CC(=O)NCc3ccncc3)N2[C@H]1c1ccc(C)cc1C. The van der Waals surface area contributed by atoms with E-state index in [1.54, 1.807) is 18.5 Å². The molecule has 0 unspecified atom stereocenters. The molecule has 35 heavy (non-hydrogen) atoms. The number of carbonyl (C=O) groups is 2. The number of amidine groups is 1. The molecule has 1 N–H and O–H groups in total. The number of aryl methyl sites for hydroxylation is 2. The van der Waals surface area contributed by atoms with Gasteiger partial charge in [-0.05, 0) is 55.0 Å². The van der Waals surface area contributed by atoms with Crippen molar-refractivity contribution in [2.24, 2.45) is 4.99 Å². The van der Waals surface area contributed by atoms with E-state index in [2.05, 4.69) is 22.9 Å². The highest BCUT2D eigenvalue weighted by atomic mass is 32.2. The van der Waals surface area contributed by atoms with E-state index >= 15 is 0 Å². The maximum absolute atomic E-state index is 13.2. The average Bonchev–Trinajstić information content (AvgIpc) is 3.23. The van der Waals surface area contributed by atoms with Crippen molar-refractivity contribution in [1.29, 1.82) is 0 Å². The number of nitrogens with zero attached hydrogens (tertiary/aromatic N) is 3. The van der Waals surface area contributed by atoms with Crippen LogP contribution in [0.3, 0.4) is 0 Å². The van der Waals surface area contributed by atoms with Gasteiger partial charge in [0.1, 0.15) is 6.61 Å². The van der Waals surface area contributed by atoms with E-state index in [-0.39, 0.29) is 18.9 Å². The first-order valence-corrected chi connectivity index (χ1v) is 12.2. The van der Waals surface area contributed by atoms with Crippen LogP contribution in [0.1, 0.15) is 41.6 Å². The summed E-state index contributed by atoms with van der Waals surface area (Å²) in [5.74, 6) is -0.551. The Labute approximate surface area is 209 Å². The number of ether oxygens (including phenoxy) is 1. The van der Waals surface area contributed by atoms with Crippen molar-refractivity contribution in [3.05, 3.63) is 100 Å². The highest BCUT2D eigenvalue weighted by Crippen LogP contribution is 2.45. The maximum atomic E-state index is 13.2. The molecule has 4 rings (SSSR count). The van der Waals surface area contributed by atoms with Gasteiger partial charge in [-0.25, -0.2) is 9.79 Å². The quantitative estimate of drug-likeness (QED) is 0.428. The molecule has 1 aromatic carbocycles. The molecular formula is C27H28N4O3S. The predicted octanol–water partition coefficient (Wildman–Crippen LogP) is 4.71. The van der Waals surface area contributed by atoms with Crippen molar-refractivity contribution in [1.82, 2.24) is 15.2 Å². The summed E-state index contributed by atoms with van der Waals surface area (Å²) >= 11 is 1.46. The molecule has 0 aliphatic carbocycles. The predicted molar refractivity (Wildman–Crippen MR) is 138 cm³/mol. The van der Waals surface area contributed by atoms with Crippen molar-refractivity contribution in [2.45, 2.75) is 39.8 Å². The molecule has 3 heterocycles. The number of hydrogen-bond acceptors (Lipinski definition) is 7. The molecule has 1 aromatic heterocycles. The summed E-state index contributed by atoms with van der Waals surface area (Å²) in [6.45, 7) is 10.1. The number of carbonyl (C=O) groups excluding carboxylic acids is 2. The highest BCUT2D eigenvalue weighted by molar-refractivity contribution is 8.16. The Morgan fingerprint density at radius 2 is 1.97 bits per heavy atom. The summed E-state index contributed by atoms with van der Waals surface area (Å²) in [5.41, 5.74) is 5.99. The van der Waals surface area contributed by atoms with Crippen LogP contribution in [0.15, 0.2) is 82.7 Å². The zero-order chi connectivity index (χ0) is 24.9. The van der Waals surface area contributed by atoms with Crippen LogP contribution < -0.4 is 5.32 Å². The van der Waals surface area contributed by atoms with Gasteiger partial charge in [0.25, 0.3) is 0 Å². The molecule has 180 valence electrons. The van der Waals surface area contributed by atoms with E-state index in [1.807, 2.05) is 55.3 Å². The van der Waals surface area contributed by atoms with E-state index in [1.165, 1.54) is 11.8 Å². The lowest BCUT2D eigenvalue weighted by molar-refractivity contribution is -0.138. The number of allylic oxidation sites excluding steroid dienone is 1. The van der Waals surface area contributed by atoms with E-state index < -0.39 is 12.0 Å². The zero-order valence-electron chi connectivity index (χ0n) is 20.1. The minimum atomic E-state index is -0.449. The Morgan fingerprint density at radius 3 is 2.69 bits per heavy atom. The van der Waals surface area contributed by atoms with E-state index in [0.29, 0.717) is 17.8 Å². The van der Waals surface area contributed by atoms with Crippen LogP contribution in [-0.2, 0) is 20.9 Å². The topological polar surface area (TPSA) is 83.9 Å². The van der Waals surface area contributed by atoms with Crippen LogP contribution in [0.5, 0.6) is 0 Å². The van der Waals surface area contributed by atoms with Crippen molar-refractivity contribution in [3.63, 3.8) is 0 Å². The normalized spacial score (nSPS) is 16.9. The molecule has 0 saturated heterocycles. The Hall–Kier alpha value is -3.65. The van der Waals surface area contributed by atoms with E-state index in [9.17, 15) is 9.59 Å². The molecule has 1 amide bonds. The molecule has 0 spiro atoms. The summed E-state index contributed by atoms with van der Waals surface area (Å²) in [7, 11) is 0. The first-order chi connectivity index (χ1) is 16.9. The molecular weight excluding hydrogens is 460 g/mol. The number of esters is 1. The fourth-order valence-corrected chi connectivity index (χ4v) is 5.16. The standard InChI is InChI=1S/C27H28N4O3S/c1-5-12-34-26(33)24-19(4)30-27-31(25(24)22-7-6-17(2)13-18(22)3)21(16-35-27)14-23(32)29-15-20-8-10-28-11-9-20/h5-11,13,16,25H,1,12,14-15H2,2-4H3,(H,29,32)/t25-/m0/s1. The second-order valence-electron chi connectivity index (χ2n) is 8.45. The number of benzene rings is 1. The molecule has 2 aliphatic heterocycles. The number of aromatic nitrogens is 1. The number of fused-ring (bicyclic) bond motifs is 1. The van der Waals surface area contributed by atoms with Crippen LogP contribution in [-0.4, -0.2) is 33.5 Å². The van der Waals surface area contributed by atoms with Gasteiger partial charge in [-0.1, -0.05) is 48.2 Å². The largest absolute Gasteiger partial charge is 0.458 e. The zero-order valence-corrected chi connectivity index (χ0v) is 20.9. The van der Waals surface area contributed by atoms with Crippen molar-refractivity contribution in [3.8, 4) is 0 Å². The van der Waals surface area contributed by atoms with Gasteiger partial charge in [-0.15, -0.1) is 0 Å². The summed E-state index contributed by atoms with van der Waals surface area (Å²) in [5, 5.41) is 5.65. The molecule has 0 saturated carbocycles. The number of aliphatic imine (C=N–C) groups is 1. The number of thioether (sulfide) groups is 1. The van der Waals surface area contributed by atoms with Crippen LogP contribution in [0.25, 0.3) is 0 Å². The number of rotatable bonds is 8. The second-order valence-corrected chi connectivity index (χ2v) is 9.29. The fraction of sp³-hybridized carbons (Fsp3) is 0.259. The average molecular weight is 489 g/mol. The number of amides is 1. The van der Waals surface area contributed by atoms with Gasteiger partial charge in [0.15, 0.2) is 5.17 Å². The molecule has 7 nitrogen and oxygen atoms in total. The third-order valence-electron chi connectivity index (χ3n) is 5.85. The monoisotopic (exact) mass is 488 g/mol. The summed E-state index contributed by atoms with van der Waals surface area (Å²) in [6, 6.07) is 9.45. The van der Waals surface area contributed by atoms with E-state index in [0.717, 1.165) is 33.1 Å². The molecule has 0 bridgehead atoms. The van der Waals surface area contributed by atoms with Crippen LogP contribution >= 0.6 is 11.8 Å². The highest BCUT2D eigenvalue weighted by Gasteiger charge is 2.41. The third kappa shape index (κ3) is 5.38. The molecule has 0 fully saturated rings. The summed E-state index contributed by atoms with van der Waals surface area (Å²) < 4.78 is 5.45. The van der Waals surface area contributed by atoms with Gasteiger partial charge in [0, 0.05) is 24.6 Å². The van der Waals surface area contributed by atoms with Crippen molar-refractivity contribution < 1.29 is 14.3 Å². The van der Waals surface area contributed by atoms with Crippen molar-refractivity contribution >= 4 is 28.8 Å². The van der Waals surface area contributed by atoms with Gasteiger partial charge in [-0.3, -0.25) is 9.78 Å². The van der Waals surface area contributed by atoms with Gasteiger partial charge in [-0.2, -0.15) is 0 Å². The summed E-state index contributed by atoms with van der Waals surface area (Å²) in [6.07, 6.45) is 5.10. The molecule has 1 atom stereocenters. The van der Waals surface area contributed by atoms with Gasteiger partial charge in [0.2, 0.25) is 5.91 Å². The molecule has 2 aliphatic rings. The Kier molecular flexibility index (Phi) is 7.51. The lowest BCUT2D eigenvalue weighted by Gasteiger charge is -2.37. The van der Waals surface area contributed by atoms with Gasteiger partial charge < -0.3 is 15.0 Å². The first kappa shape index (κ1) is 24.5. The summed E-state index contributed by atoms with van der Waals surface area (Å²) in [4.78, 5) is 36.7. The minimum absolute atomic E-state index is 0.112. The van der Waals surface area contributed by atoms with Gasteiger partial charge in [0.05, 0.1) is 23.7 Å². The Bertz CT molecular complexity index is 1250. The minimum Gasteiger partial charge on any atom is -0.458 e.